The van der Waals surface area contributed by atoms with E-state index in [2.05, 4.69) is 27.9 Å². The fourth-order valence-electron chi connectivity index (χ4n) is 2.51. The minimum absolute atomic E-state index is 0.694. The third kappa shape index (κ3) is 2.90. The van der Waals surface area contributed by atoms with E-state index in [9.17, 15) is 4.21 Å². The molecule has 4 nitrogen and oxygen atoms in total. The molecule has 0 saturated carbocycles. The SMILES string of the molecule is CCn1c(NCc2ccc(S(C)=O)cc2)nc2ccccc21. The van der Waals surface area contributed by atoms with Gasteiger partial charge in [0.2, 0.25) is 5.95 Å². The molecular weight excluding hydrogens is 294 g/mol. The molecule has 1 aromatic heterocycles. The number of aryl methyl sites for hydroxylation is 1. The van der Waals surface area contributed by atoms with Gasteiger partial charge in [0.15, 0.2) is 0 Å². The molecule has 1 atom stereocenters. The van der Waals surface area contributed by atoms with E-state index in [4.69, 9.17) is 0 Å². The second-order valence-electron chi connectivity index (χ2n) is 5.12. The summed E-state index contributed by atoms with van der Waals surface area (Å²) < 4.78 is 13.6. The van der Waals surface area contributed by atoms with E-state index in [1.54, 1.807) is 6.26 Å². The van der Waals surface area contributed by atoms with Crippen molar-refractivity contribution >= 4 is 27.8 Å². The molecule has 0 amide bonds. The van der Waals surface area contributed by atoms with Crippen LogP contribution in [0.1, 0.15) is 12.5 Å². The molecule has 1 N–H and O–H groups in total. The van der Waals surface area contributed by atoms with Crippen molar-refractivity contribution < 1.29 is 4.21 Å². The predicted molar refractivity (Wildman–Crippen MR) is 91.5 cm³/mol. The van der Waals surface area contributed by atoms with Gasteiger partial charge in [-0.25, -0.2) is 4.98 Å². The van der Waals surface area contributed by atoms with Crippen LogP contribution in [0.15, 0.2) is 53.4 Å². The third-order valence-corrected chi connectivity index (χ3v) is 4.61. The second-order valence-corrected chi connectivity index (χ2v) is 6.50. The summed E-state index contributed by atoms with van der Waals surface area (Å²) in [6, 6.07) is 16.0. The van der Waals surface area contributed by atoms with E-state index >= 15 is 0 Å². The highest BCUT2D eigenvalue weighted by molar-refractivity contribution is 7.84. The van der Waals surface area contributed by atoms with Gasteiger partial charge in [-0.1, -0.05) is 24.3 Å². The highest BCUT2D eigenvalue weighted by atomic mass is 32.2. The number of aromatic nitrogens is 2. The number of benzene rings is 2. The fourth-order valence-corrected chi connectivity index (χ4v) is 3.03. The molecule has 0 bridgehead atoms. The number of hydrogen-bond acceptors (Lipinski definition) is 3. The molecule has 3 rings (SSSR count). The summed E-state index contributed by atoms with van der Waals surface area (Å²) in [5.41, 5.74) is 3.29. The van der Waals surface area contributed by atoms with Crippen molar-refractivity contribution in [3.8, 4) is 0 Å². The fraction of sp³-hybridized carbons (Fsp3) is 0.235. The van der Waals surface area contributed by atoms with Crippen LogP contribution in [0.4, 0.5) is 5.95 Å². The Morgan fingerprint density at radius 3 is 2.55 bits per heavy atom. The zero-order chi connectivity index (χ0) is 15.5. The van der Waals surface area contributed by atoms with Crippen molar-refractivity contribution in [3.63, 3.8) is 0 Å². The van der Waals surface area contributed by atoms with E-state index < -0.39 is 10.8 Å². The average molecular weight is 313 g/mol. The molecule has 3 aromatic rings. The number of para-hydroxylation sites is 2. The highest BCUT2D eigenvalue weighted by Crippen LogP contribution is 2.20. The Hall–Kier alpha value is -2.14. The molecule has 0 aliphatic rings. The van der Waals surface area contributed by atoms with Crippen LogP contribution in [0.3, 0.4) is 0 Å². The zero-order valence-corrected chi connectivity index (χ0v) is 13.6. The number of nitrogens with one attached hydrogen (secondary N) is 1. The van der Waals surface area contributed by atoms with Gasteiger partial charge in [0.05, 0.1) is 11.0 Å². The topological polar surface area (TPSA) is 46.9 Å². The van der Waals surface area contributed by atoms with E-state index in [0.29, 0.717) is 6.54 Å². The molecular formula is C17H19N3OS. The quantitative estimate of drug-likeness (QED) is 0.785. The Kier molecular flexibility index (Phi) is 4.24. The molecule has 5 heteroatoms. The molecule has 2 aromatic carbocycles. The summed E-state index contributed by atoms with van der Waals surface area (Å²) in [5, 5.41) is 3.39. The molecule has 0 saturated heterocycles. The molecule has 1 unspecified atom stereocenters. The van der Waals surface area contributed by atoms with E-state index in [0.717, 1.165) is 34.0 Å². The van der Waals surface area contributed by atoms with Crippen molar-refractivity contribution in [1.82, 2.24) is 9.55 Å². The normalized spacial score (nSPS) is 12.5. The van der Waals surface area contributed by atoms with Crippen LogP contribution in [0.5, 0.6) is 0 Å². The molecule has 0 spiro atoms. The molecule has 114 valence electrons. The van der Waals surface area contributed by atoms with E-state index in [1.807, 2.05) is 42.5 Å². The van der Waals surface area contributed by atoms with Gasteiger partial charge in [-0.2, -0.15) is 0 Å². The summed E-state index contributed by atoms with van der Waals surface area (Å²) in [4.78, 5) is 5.50. The lowest BCUT2D eigenvalue weighted by atomic mass is 10.2. The first kappa shape index (κ1) is 14.8. The molecule has 22 heavy (non-hydrogen) atoms. The Bertz CT molecular complexity index is 808. The first-order valence-electron chi connectivity index (χ1n) is 7.30. The lowest BCUT2D eigenvalue weighted by Crippen LogP contribution is -2.06. The summed E-state index contributed by atoms with van der Waals surface area (Å²) in [7, 11) is -0.930. The minimum Gasteiger partial charge on any atom is -0.352 e. The van der Waals surface area contributed by atoms with Crippen LogP contribution in [-0.2, 0) is 23.9 Å². The van der Waals surface area contributed by atoms with Crippen molar-refractivity contribution in [1.29, 1.82) is 0 Å². The van der Waals surface area contributed by atoms with Gasteiger partial charge in [0, 0.05) is 35.0 Å². The van der Waals surface area contributed by atoms with Gasteiger partial charge >= 0.3 is 0 Å². The third-order valence-electron chi connectivity index (χ3n) is 3.68. The Balaban J connectivity index is 1.80. The van der Waals surface area contributed by atoms with Gasteiger partial charge < -0.3 is 9.88 Å². The van der Waals surface area contributed by atoms with Crippen LogP contribution < -0.4 is 5.32 Å². The minimum atomic E-state index is -0.930. The number of anilines is 1. The smallest absolute Gasteiger partial charge is 0.204 e. The van der Waals surface area contributed by atoms with Crippen molar-refractivity contribution in [2.75, 3.05) is 11.6 Å². The number of imidazole rings is 1. The van der Waals surface area contributed by atoms with Gasteiger partial charge in [0.1, 0.15) is 0 Å². The Labute approximate surface area is 132 Å². The van der Waals surface area contributed by atoms with Gasteiger partial charge in [-0.05, 0) is 36.8 Å². The lowest BCUT2D eigenvalue weighted by Gasteiger charge is -2.09. The second kappa shape index (κ2) is 6.32. The van der Waals surface area contributed by atoms with E-state index in [1.165, 1.54) is 0 Å². The maximum atomic E-state index is 11.4. The zero-order valence-electron chi connectivity index (χ0n) is 12.7. The molecule has 0 aliphatic heterocycles. The first-order chi connectivity index (χ1) is 10.7. The molecule has 0 aliphatic carbocycles. The highest BCUT2D eigenvalue weighted by Gasteiger charge is 2.08. The van der Waals surface area contributed by atoms with Crippen LogP contribution in [0, 0.1) is 0 Å². The standard InChI is InChI=1S/C17H19N3OS/c1-3-20-16-7-5-4-6-15(16)19-17(20)18-12-13-8-10-14(11-9-13)22(2)21/h4-11H,3,12H2,1-2H3,(H,18,19). The van der Waals surface area contributed by atoms with Crippen LogP contribution in [-0.4, -0.2) is 20.0 Å². The number of nitrogens with zero attached hydrogens (tertiary/aromatic N) is 2. The van der Waals surface area contributed by atoms with Gasteiger partial charge in [0.25, 0.3) is 0 Å². The summed E-state index contributed by atoms with van der Waals surface area (Å²) in [5.74, 6) is 0.881. The van der Waals surface area contributed by atoms with Crippen LogP contribution >= 0.6 is 0 Å². The average Bonchev–Trinajstić information content (AvgIpc) is 2.90. The Morgan fingerprint density at radius 2 is 1.86 bits per heavy atom. The maximum Gasteiger partial charge on any atom is 0.204 e. The van der Waals surface area contributed by atoms with Gasteiger partial charge in [-0.3, -0.25) is 4.21 Å². The van der Waals surface area contributed by atoms with Crippen molar-refractivity contribution in [2.24, 2.45) is 0 Å². The number of fused-ring (bicyclic) bond motifs is 1. The Morgan fingerprint density at radius 1 is 1.14 bits per heavy atom. The van der Waals surface area contributed by atoms with Gasteiger partial charge in [-0.15, -0.1) is 0 Å². The maximum absolute atomic E-state index is 11.4. The predicted octanol–water partition coefficient (Wildman–Crippen LogP) is 3.41. The lowest BCUT2D eigenvalue weighted by molar-refractivity contribution is 0.687. The number of rotatable bonds is 5. The summed E-state index contributed by atoms with van der Waals surface area (Å²) in [6.07, 6.45) is 1.69. The number of hydrogen-bond donors (Lipinski definition) is 1. The first-order valence-corrected chi connectivity index (χ1v) is 8.86. The van der Waals surface area contributed by atoms with Crippen LogP contribution in [0.2, 0.25) is 0 Å². The molecule has 0 fully saturated rings. The van der Waals surface area contributed by atoms with E-state index in [-0.39, 0.29) is 0 Å². The summed E-state index contributed by atoms with van der Waals surface area (Å²) in [6.45, 7) is 3.68. The monoisotopic (exact) mass is 313 g/mol. The molecule has 0 radical (unpaired) electrons. The van der Waals surface area contributed by atoms with Crippen molar-refractivity contribution in [3.05, 3.63) is 54.1 Å². The van der Waals surface area contributed by atoms with Crippen LogP contribution in [0.25, 0.3) is 11.0 Å². The largest absolute Gasteiger partial charge is 0.352 e. The van der Waals surface area contributed by atoms with Crippen molar-refractivity contribution in [2.45, 2.75) is 24.9 Å². The molecule has 1 heterocycles. The summed E-state index contributed by atoms with van der Waals surface area (Å²) >= 11 is 0.